The molecular formula is C29H28N4O3. The van der Waals surface area contributed by atoms with Crippen LogP contribution < -0.4 is 9.47 Å². The van der Waals surface area contributed by atoms with E-state index in [1.54, 1.807) is 7.11 Å². The van der Waals surface area contributed by atoms with Crippen molar-refractivity contribution in [2.75, 3.05) is 20.3 Å². The van der Waals surface area contributed by atoms with Crippen LogP contribution in [0.3, 0.4) is 0 Å². The number of nitrogens with zero attached hydrogens (tertiary/aromatic N) is 4. The zero-order chi connectivity index (χ0) is 24.9. The predicted molar refractivity (Wildman–Crippen MR) is 136 cm³/mol. The van der Waals surface area contributed by atoms with Crippen molar-refractivity contribution in [3.05, 3.63) is 88.5 Å². The molecule has 0 radical (unpaired) electrons. The summed E-state index contributed by atoms with van der Waals surface area (Å²) in [5.41, 5.74) is 6.78. The fraction of sp³-hybridized carbons (Fsp3) is 0.310. The lowest BCUT2D eigenvalue weighted by Gasteiger charge is -2.21. The monoisotopic (exact) mass is 480 g/mol. The van der Waals surface area contributed by atoms with Crippen LogP contribution in [0.15, 0.2) is 54.9 Å². The molecule has 2 aromatic heterocycles. The van der Waals surface area contributed by atoms with Crippen LogP contribution in [-0.4, -0.2) is 35.3 Å². The molecule has 2 aromatic carbocycles. The Hall–Kier alpha value is -4.02. The average molecular weight is 481 g/mol. The van der Waals surface area contributed by atoms with E-state index in [0.29, 0.717) is 41.5 Å². The second-order valence-electron chi connectivity index (χ2n) is 9.02. The molecule has 0 bridgehead atoms. The van der Waals surface area contributed by atoms with E-state index in [-0.39, 0.29) is 0 Å². The lowest BCUT2D eigenvalue weighted by molar-refractivity contribution is 0.0845. The molecule has 1 aliphatic rings. The average Bonchev–Trinajstić information content (AvgIpc) is 2.93. The maximum atomic E-state index is 10.0. The molecule has 0 saturated carbocycles. The van der Waals surface area contributed by atoms with Crippen molar-refractivity contribution in [3.63, 3.8) is 0 Å². The van der Waals surface area contributed by atoms with E-state index in [4.69, 9.17) is 19.2 Å². The van der Waals surface area contributed by atoms with Crippen molar-refractivity contribution in [2.24, 2.45) is 0 Å². The van der Waals surface area contributed by atoms with Crippen molar-refractivity contribution in [1.82, 2.24) is 15.0 Å². The first-order chi connectivity index (χ1) is 17.6. The Morgan fingerprint density at radius 1 is 1.00 bits per heavy atom. The van der Waals surface area contributed by atoms with E-state index in [9.17, 15) is 5.26 Å². The fourth-order valence-corrected chi connectivity index (χ4v) is 4.50. The molecule has 3 heterocycles. The van der Waals surface area contributed by atoms with Crippen molar-refractivity contribution < 1.29 is 14.2 Å². The summed E-state index contributed by atoms with van der Waals surface area (Å²) >= 11 is 0. The number of rotatable bonds is 7. The van der Waals surface area contributed by atoms with Gasteiger partial charge in [0.2, 0.25) is 0 Å². The number of hydrogen-bond donors (Lipinski definition) is 0. The minimum absolute atomic E-state index is 0.318. The quantitative estimate of drug-likeness (QED) is 0.356. The Morgan fingerprint density at radius 2 is 1.83 bits per heavy atom. The maximum Gasteiger partial charge on any atom is 0.161 e. The number of pyridine rings is 1. The molecule has 4 aromatic rings. The lowest BCUT2D eigenvalue weighted by Crippen LogP contribution is -2.15. The summed E-state index contributed by atoms with van der Waals surface area (Å²) in [6.45, 7) is 3.83. The van der Waals surface area contributed by atoms with Gasteiger partial charge in [0.15, 0.2) is 11.5 Å². The van der Waals surface area contributed by atoms with Crippen molar-refractivity contribution in [1.29, 1.82) is 5.26 Å². The third-order valence-electron chi connectivity index (χ3n) is 6.56. The number of aryl methyl sites for hydroxylation is 1. The Labute approximate surface area is 210 Å². The molecule has 5 rings (SSSR count). The van der Waals surface area contributed by atoms with Crippen LogP contribution in [0.25, 0.3) is 11.0 Å². The molecule has 0 amide bonds. The van der Waals surface area contributed by atoms with Crippen LogP contribution in [0.2, 0.25) is 0 Å². The molecule has 1 aliphatic heterocycles. The molecule has 0 aliphatic carbocycles. The number of aromatic nitrogens is 3. The van der Waals surface area contributed by atoms with Gasteiger partial charge in [0, 0.05) is 42.8 Å². The number of fused-ring (bicyclic) bond motifs is 1. The number of ether oxygens (including phenoxy) is 3. The van der Waals surface area contributed by atoms with Gasteiger partial charge in [-0.25, -0.2) is 4.98 Å². The number of methoxy groups -OCH3 is 1. The van der Waals surface area contributed by atoms with Crippen LogP contribution in [-0.2, 0) is 17.8 Å². The van der Waals surface area contributed by atoms with Gasteiger partial charge in [0.1, 0.15) is 18.2 Å². The minimum atomic E-state index is 0.318. The van der Waals surface area contributed by atoms with Crippen molar-refractivity contribution >= 4 is 11.0 Å². The fourth-order valence-electron chi connectivity index (χ4n) is 4.50. The molecule has 1 fully saturated rings. The first kappa shape index (κ1) is 23.7. The zero-order valence-corrected chi connectivity index (χ0v) is 20.5. The van der Waals surface area contributed by atoms with E-state index >= 15 is 0 Å². The summed E-state index contributed by atoms with van der Waals surface area (Å²) in [5, 5.41) is 10.0. The van der Waals surface area contributed by atoms with Gasteiger partial charge in [0.05, 0.1) is 23.9 Å². The summed E-state index contributed by atoms with van der Waals surface area (Å²) in [5.74, 6) is 1.62. The van der Waals surface area contributed by atoms with Gasteiger partial charge in [-0.05, 0) is 61.6 Å². The molecule has 0 atom stereocenters. The van der Waals surface area contributed by atoms with Gasteiger partial charge in [-0.3, -0.25) is 9.97 Å². The summed E-state index contributed by atoms with van der Waals surface area (Å²) < 4.78 is 17.1. The highest BCUT2D eigenvalue weighted by Gasteiger charge is 2.19. The molecule has 182 valence electrons. The number of benzene rings is 2. The highest BCUT2D eigenvalue weighted by Crippen LogP contribution is 2.32. The van der Waals surface area contributed by atoms with Gasteiger partial charge in [-0.1, -0.05) is 18.2 Å². The Morgan fingerprint density at radius 3 is 2.58 bits per heavy atom. The predicted octanol–water partition coefficient (Wildman–Crippen LogP) is 5.28. The maximum absolute atomic E-state index is 10.0. The molecule has 1 saturated heterocycles. The topological polar surface area (TPSA) is 90.2 Å². The van der Waals surface area contributed by atoms with Crippen LogP contribution in [0, 0.1) is 18.3 Å². The van der Waals surface area contributed by atoms with E-state index in [0.717, 1.165) is 59.7 Å². The highest BCUT2D eigenvalue weighted by atomic mass is 16.5. The zero-order valence-electron chi connectivity index (χ0n) is 20.5. The summed E-state index contributed by atoms with van der Waals surface area (Å²) in [6.07, 6.45) is 6.08. The number of hydrogen-bond acceptors (Lipinski definition) is 7. The van der Waals surface area contributed by atoms with E-state index < -0.39 is 0 Å². The molecule has 0 spiro atoms. The van der Waals surface area contributed by atoms with E-state index in [2.05, 4.69) is 16.0 Å². The summed E-state index contributed by atoms with van der Waals surface area (Å²) in [7, 11) is 1.63. The molecule has 0 N–H and O–H groups in total. The van der Waals surface area contributed by atoms with Gasteiger partial charge < -0.3 is 14.2 Å². The van der Waals surface area contributed by atoms with Crippen molar-refractivity contribution in [2.45, 2.75) is 38.7 Å². The molecule has 0 unspecified atom stereocenters. The Bertz CT molecular complexity index is 1410. The summed E-state index contributed by atoms with van der Waals surface area (Å²) in [6, 6.07) is 16.1. The van der Waals surface area contributed by atoms with Crippen LogP contribution in [0.1, 0.15) is 52.4 Å². The SMILES string of the molecule is COc1cc(Cc2ccc3ncc(C4CCOCC4)nc3c2C#N)ccc1OCc1ccc(C)nc1. The second kappa shape index (κ2) is 10.7. The van der Waals surface area contributed by atoms with E-state index in [1.165, 1.54) is 0 Å². The largest absolute Gasteiger partial charge is 0.493 e. The Balaban J connectivity index is 1.39. The minimum Gasteiger partial charge on any atom is -0.493 e. The lowest BCUT2D eigenvalue weighted by atomic mass is 9.95. The second-order valence-corrected chi connectivity index (χ2v) is 9.02. The van der Waals surface area contributed by atoms with E-state index in [1.807, 2.05) is 61.8 Å². The molecule has 36 heavy (non-hydrogen) atoms. The van der Waals surface area contributed by atoms with Gasteiger partial charge >= 0.3 is 0 Å². The standard InChI is InChI=1S/C29H28N4O3/c1-19-3-4-21(16-31-19)18-36-27-8-5-20(14-28(27)34-2)13-23-6-7-25-29(24(23)15-30)33-26(17-32-25)22-9-11-35-12-10-22/h3-8,14,16-17,22H,9-13,18H2,1-2H3. The third-order valence-corrected chi connectivity index (χ3v) is 6.56. The Kier molecular flexibility index (Phi) is 7.06. The molecular weight excluding hydrogens is 452 g/mol. The van der Waals surface area contributed by atoms with Gasteiger partial charge in [-0.2, -0.15) is 5.26 Å². The molecule has 7 heteroatoms. The number of nitriles is 1. The first-order valence-electron chi connectivity index (χ1n) is 12.1. The van der Waals surface area contributed by atoms with Crippen LogP contribution in [0.5, 0.6) is 11.5 Å². The first-order valence-corrected chi connectivity index (χ1v) is 12.1. The summed E-state index contributed by atoms with van der Waals surface area (Å²) in [4.78, 5) is 13.8. The third kappa shape index (κ3) is 5.14. The normalized spacial score (nSPS) is 13.9. The van der Waals surface area contributed by atoms with Gasteiger partial charge in [0.25, 0.3) is 0 Å². The van der Waals surface area contributed by atoms with Gasteiger partial charge in [-0.15, -0.1) is 0 Å². The van der Waals surface area contributed by atoms with Crippen LogP contribution in [0.4, 0.5) is 0 Å². The van der Waals surface area contributed by atoms with Crippen molar-refractivity contribution in [3.8, 4) is 17.6 Å². The van der Waals surface area contributed by atoms with Crippen LogP contribution >= 0.6 is 0 Å². The smallest absolute Gasteiger partial charge is 0.161 e. The molecule has 7 nitrogen and oxygen atoms in total. The highest BCUT2D eigenvalue weighted by molar-refractivity contribution is 5.82.